The van der Waals surface area contributed by atoms with Crippen LogP contribution in [0.5, 0.6) is 0 Å². The number of piperazine rings is 1. The second kappa shape index (κ2) is 7.38. The average molecular weight is 283 g/mol. The van der Waals surface area contributed by atoms with Gasteiger partial charge in [0.2, 0.25) is 5.91 Å². The van der Waals surface area contributed by atoms with Gasteiger partial charge >= 0.3 is 0 Å². The lowest BCUT2D eigenvalue weighted by Crippen LogP contribution is -2.51. The normalized spacial score (nSPS) is 21.4. The highest BCUT2D eigenvalue weighted by atomic mass is 16.3. The van der Waals surface area contributed by atoms with Crippen molar-refractivity contribution in [1.29, 1.82) is 0 Å². The quantitative estimate of drug-likeness (QED) is 0.727. The first-order valence-electron chi connectivity index (χ1n) is 7.95. The van der Waals surface area contributed by atoms with Gasteiger partial charge in [0.05, 0.1) is 13.2 Å². The van der Waals surface area contributed by atoms with Gasteiger partial charge < -0.3 is 10.0 Å². The summed E-state index contributed by atoms with van der Waals surface area (Å²) in [4.78, 5) is 19.1. The number of nitrogens with zero attached hydrogens (tertiary/aromatic N) is 3. The predicted octanol–water partition coefficient (Wildman–Crippen LogP) is 0.243. The van der Waals surface area contributed by atoms with Crippen molar-refractivity contribution < 1.29 is 9.90 Å². The Kier molecular flexibility index (Phi) is 5.81. The summed E-state index contributed by atoms with van der Waals surface area (Å²) in [5.41, 5.74) is 0. The van der Waals surface area contributed by atoms with Crippen LogP contribution >= 0.6 is 0 Å². The number of hydrogen-bond acceptors (Lipinski definition) is 4. The van der Waals surface area contributed by atoms with Gasteiger partial charge in [0.25, 0.3) is 0 Å². The molecular formula is C15H29N3O2. The summed E-state index contributed by atoms with van der Waals surface area (Å²) in [6, 6.07) is 0.514. The molecule has 1 aliphatic carbocycles. The first kappa shape index (κ1) is 15.7. The molecule has 0 spiro atoms. The fraction of sp³-hybridized carbons (Fsp3) is 0.933. The fourth-order valence-electron chi connectivity index (χ4n) is 2.83. The van der Waals surface area contributed by atoms with E-state index in [1.807, 2.05) is 0 Å². The van der Waals surface area contributed by atoms with Crippen molar-refractivity contribution in [3.05, 3.63) is 0 Å². The summed E-state index contributed by atoms with van der Waals surface area (Å²) < 4.78 is 0. The second-order valence-corrected chi connectivity index (χ2v) is 6.51. The Hall–Kier alpha value is -0.650. The van der Waals surface area contributed by atoms with E-state index >= 15 is 0 Å². The van der Waals surface area contributed by atoms with Gasteiger partial charge in [-0.05, 0) is 18.8 Å². The van der Waals surface area contributed by atoms with Gasteiger partial charge in [-0.2, -0.15) is 0 Å². The minimum absolute atomic E-state index is 0.225. The van der Waals surface area contributed by atoms with E-state index in [2.05, 4.69) is 28.5 Å². The van der Waals surface area contributed by atoms with E-state index in [9.17, 15) is 4.79 Å². The number of rotatable bonds is 7. The molecule has 1 saturated heterocycles. The van der Waals surface area contributed by atoms with Crippen LogP contribution < -0.4 is 0 Å². The minimum atomic E-state index is 0.225. The standard InChI is InChI=1S/C15H29N3O2/c1-13(2)11-18(14-3-4-14)15(20)12-17-7-5-16(6-8-17)9-10-19/h13-14,19H,3-12H2,1-2H3. The van der Waals surface area contributed by atoms with E-state index in [1.54, 1.807) is 0 Å². The second-order valence-electron chi connectivity index (χ2n) is 6.51. The number of carbonyl (C=O) groups is 1. The van der Waals surface area contributed by atoms with Crippen molar-refractivity contribution in [3.8, 4) is 0 Å². The third kappa shape index (κ3) is 4.72. The molecule has 0 aromatic heterocycles. The van der Waals surface area contributed by atoms with Crippen LogP contribution in [0.2, 0.25) is 0 Å². The van der Waals surface area contributed by atoms with Crippen LogP contribution in [-0.2, 0) is 4.79 Å². The van der Waals surface area contributed by atoms with Crippen LogP contribution in [0.15, 0.2) is 0 Å². The Bertz CT molecular complexity index is 310. The van der Waals surface area contributed by atoms with Crippen molar-refractivity contribution in [3.63, 3.8) is 0 Å². The van der Waals surface area contributed by atoms with Crippen molar-refractivity contribution in [1.82, 2.24) is 14.7 Å². The summed E-state index contributed by atoms with van der Waals surface area (Å²) in [5, 5.41) is 8.94. The average Bonchev–Trinajstić information content (AvgIpc) is 3.22. The van der Waals surface area contributed by atoms with E-state index in [4.69, 9.17) is 5.11 Å². The van der Waals surface area contributed by atoms with Crippen molar-refractivity contribution >= 4 is 5.91 Å². The molecule has 20 heavy (non-hydrogen) atoms. The molecule has 0 radical (unpaired) electrons. The lowest BCUT2D eigenvalue weighted by molar-refractivity contribution is -0.134. The SMILES string of the molecule is CC(C)CN(C(=O)CN1CCN(CCO)CC1)C1CC1. The van der Waals surface area contributed by atoms with Crippen LogP contribution in [0.4, 0.5) is 0 Å². The fourth-order valence-corrected chi connectivity index (χ4v) is 2.83. The molecule has 0 unspecified atom stereocenters. The molecule has 1 amide bonds. The van der Waals surface area contributed by atoms with E-state index in [1.165, 1.54) is 12.8 Å². The third-order valence-electron chi connectivity index (χ3n) is 4.11. The molecule has 0 atom stereocenters. The van der Waals surface area contributed by atoms with Crippen LogP contribution in [0.25, 0.3) is 0 Å². The molecule has 2 rings (SSSR count). The Morgan fingerprint density at radius 2 is 1.80 bits per heavy atom. The van der Waals surface area contributed by atoms with Gasteiger partial charge in [-0.1, -0.05) is 13.8 Å². The first-order valence-corrected chi connectivity index (χ1v) is 7.95. The van der Waals surface area contributed by atoms with Crippen LogP contribution in [0.3, 0.4) is 0 Å². The zero-order valence-corrected chi connectivity index (χ0v) is 12.9. The maximum Gasteiger partial charge on any atom is 0.237 e. The Balaban J connectivity index is 1.76. The maximum absolute atomic E-state index is 12.5. The molecule has 0 aromatic rings. The molecule has 116 valence electrons. The van der Waals surface area contributed by atoms with Crippen LogP contribution in [0.1, 0.15) is 26.7 Å². The highest BCUT2D eigenvalue weighted by Crippen LogP contribution is 2.27. The maximum atomic E-state index is 12.5. The molecule has 2 aliphatic rings. The molecule has 5 heteroatoms. The Labute approximate surface area is 122 Å². The molecule has 1 heterocycles. The number of amides is 1. The summed E-state index contributed by atoms with van der Waals surface area (Å²) in [5.74, 6) is 0.845. The molecule has 0 bridgehead atoms. The summed E-state index contributed by atoms with van der Waals surface area (Å²) in [6.07, 6.45) is 2.37. The largest absolute Gasteiger partial charge is 0.395 e. The summed E-state index contributed by atoms with van der Waals surface area (Å²) >= 11 is 0. The zero-order chi connectivity index (χ0) is 14.5. The van der Waals surface area contributed by atoms with Crippen molar-refractivity contribution in [2.24, 2.45) is 5.92 Å². The van der Waals surface area contributed by atoms with Gasteiger partial charge in [0.15, 0.2) is 0 Å². The predicted molar refractivity (Wildman–Crippen MR) is 79.5 cm³/mol. The lowest BCUT2D eigenvalue weighted by Gasteiger charge is -2.35. The Morgan fingerprint density at radius 3 is 2.30 bits per heavy atom. The monoisotopic (exact) mass is 283 g/mol. The van der Waals surface area contributed by atoms with E-state index in [0.717, 1.165) is 39.3 Å². The number of hydrogen-bond donors (Lipinski definition) is 1. The molecule has 2 fully saturated rings. The summed E-state index contributed by atoms with van der Waals surface area (Å²) in [7, 11) is 0. The molecule has 0 aromatic carbocycles. The Morgan fingerprint density at radius 1 is 1.20 bits per heavy atom. The van der Waals surface area contributed by atoms with E-state index < -0.39 is 0 Å². The topological polar surface area (TPSA) is 47.0 Å². The third-order valence-corrected chi connectivity index (χ3v) is 4.11. The van der Waals surface area contributed by atoms with Gasteiger partial charge in [-0.25, -0.2) is 0 Å². The van der Waals surface area contributed by atoms with Crippen molar-refractivity contribution in [2.75, 3.05) is 52.4 Å². The van der Waals surface area contributed by atoms with Gasteiger partial charge in [0, 0.05) is 45.3 Å². The smallest absolute Gasteiger partial charge is 0.237 e. The van der Waals surface area contributed by atoms with E-state index in [0.29, 0.717) is 24.4 Å². The van der Waals surface area contributed by atoms with Crippen LogP contribution in [0, 0.1) is 5.92 Å². The van der Waals surface area contributed by atoms with Crippen molar-refractivity contribution in [2.45, 2.75) is 32.7 Å². The van der Waals surface area contributed by atoms with Gasteiger partial charge in [-0.3, -0.25) is 14.6 Å². The molecular weight excluding hydrogens is 254 g/mol. The number of β-amino-alcohol motifs (C(OH)–C–C–N with tert-alkyl or cyclic N) is 1. The number of carbonyl (C=O) groups excluding carboxylic acids is 1. The minimum Gasteiger partial charge on any atom is -0.395 e. The molecule has 1 saturated carbocycles. The first-order chi connectivity index (χ1) is 9.60. The highest BCUT2D eigenvalue weighted by molar-refractivity contribution is 5.79. The van der Waals surface area contributed by atoms with Gasteiger partial charge in [0.1, 0.15) is 0 Å². The molecule has 1 aliphatic heterocycles. The highest BCUT2D eigenvalue weighted by Gasteiger charge is 2.33. The number of aliphatic hydroxyl groups is 1. The summed E-state index contributed by atoms with van der Waals surface area (Å²) in [6.45, 7) is 10.6. The molecule has 1 N–H and O–H groups in total. The van der Waals surface area contributed by atoms with E-state index in [-0.39, 0.29) is 6.61 Å². The molecule has 5 nitrogen and oxygen atoms in total. The lowest BCUT2D eigenvalue weighted by atomic mass is 10.2. The number of aliphatic hydroxyl groups excluding tert-OH is 1. The zero-order valence-electron chi connectivity index (χ0n) is 12.9. The van der Waals surface area contributed by atoms with Gasteiger partial charge in [-0.15, -0.1) is 0 Å². The van der Waals surface area contributed by atoms with Crippen LogP contribution in [-0.4, -0.2) is 84.2 Å².